The van der Waals surface area contributed by atoms with Crippen molar-refractivity contribution < 1.29 is 14.7 Å². The van der Waals surface area contributed by atoms with Gasteiger partial charge in [0.2, 0.25) is 0 Å². The van der Waals surface area contributed by atoms with Crippen molar-refractivity contribution in [3.63, 3.8) is 0 Å². The third-order valence-corrected chi connectivity index (χ3v) is 7.14. The normalized spacial score (nSPS) is 11.8. The molecular weight excluding hydrogens is 466 g/mol. The highest BCUT2D eigenvalue weighted by Gasteiger charge is 2.22. The van der Waals surface area contributed by atoms with Gasteiger partial charge in [0, 0.05) is 5.56 Å². The summed E-state index contributed by atoms with van der Waals surface area (Å²) >= 11 is 1.56. The van der Waals surface area contributed by atoms with Gasteiger partial charge in [-0.05, 0) is 82.9 Å². The molecule has 0 heterocycles. The number of fused-ring (bicyclic) bond motifs is 1. The summed E-state index contributed by atoms with van der Waals surface area (Å²) in [5, 5.41) is 14.8. The van der Waals surface area contributed by atoms with Crippen LogP contribution in [-0.2, 0) is 17.6 Å². The molecule has 2 N–H and O–H groups in total. The second-order valence-corrected chi connectivity index (χ2v) is 10.0. The van der Waals surface area contributed by atoms with Crippen molar-refractivity contribution in [2.75, 3.05) is 12.0 Å². The van der Waals surface area contributed by atoms with Gasteiger partial charge in [-0.2, -0.15) is 11.8 Å². The van der Waals surface area contributed by atoms with E-state index in [1.807, 2.05) is 55.6 Å². The van der Waals surface area contributed by atoms with E-state index in [2.05, 4.69) is 47.8 Å². The molecular formula is C31H31NO3S. The third-order valence-electron chi connectivity index (χ3n) is 6.49. The van der Waals surface area contributed by atoms with Crippen molar-refractivity contribution in [2.45, 2.75) is 32.2 Å². The van der Waals surface area contributed by atoms with E-state index >= 15 is 0 Å². The molecule has 0 saturated heterocycles. The molecule has 0 aliphatic heterocycles. The number of hydrogen-bond donors (Lipinski definition) is 2. The van der Waals surface area contributed by atoms with E-state index in [4.69, 9.17) is 0 Å². The van der Waals surface area contributed by atoms with Gasteiger partial charge in [0.25, 0.3) is 5.91 Å². The number of rotatable bonds is 10. The summed E-state index contributed by atoms with van der Waals surface area (Å²) in [6, 6.07) is 27.9. The fourth-order valence-corrected chi connectivity index (χ4v) is 4.93. The van der Waals surface area contributed by atoms with E-state index in [0.29, 0.717) is 17.7 Å². The Morgan fingerprint density at radius 1 is 0.833 bits per heavy atom. The van der Waals surface area contributed by atoms with Gasteiger partial charge in [-0.3, -0.25) is 4.79 Å². The minimum absolute atomic E-state index is 0.358. The van der Waals surface area contributed by atoms with Gasteiger partial charge in [-0.15, -0.1) is 0 Å². The maximum absolute atomic E-state index is 13.3. The summed E-state index contributed by atoms with van der Waals surface area (Å²) in [5.74, 6) is -0.708. The van der Waals surface area contributed by atoms with Crippen LogP contribution >= 0.6 is 11.8 Å². The second-order valence-electron chi connectivity index (χ2n) is 9.02. The lowest BCUT2D eigenvalue weighted by Gasteiger charge is -2.18. The van der Waals surface area contributed by atoms with E-state index in [0.717, 1.165) is 35.1 Å². The Labute approximate surface area is 216 Å². The van der Waals surface area contributed by atoms with Gasteiger partial charge < -0.3 is 10.4 Å². The lowest BCUT2D eigenvalue weighted by Crippen LogP contribution is -2.41. The minimum Gasteiger partial charge on any atom is -0.480 e. The Morgan fingerprint density at radius 3 is 2.22 bits per heavy atom. The molecule has 1 unspecified atom stereocenters. The SMILES string of the molecule is CSCCC(NC(=O)c1ccc(CCc2ccc3ccccc3c2)cc1-c1ccccc1C)C(=O)O. The average molecular weight is 498 g/mol. The monoisotopic (exact) mass is 497 g/mol. The number of aliphatic carboxylic acids is 1. The molecule has 4 aromatic rings. The topological polar surface area (TPSA) is 66.4 Å². The van der Waals surface area contributed by atoms with Crippen LogP contribution in [0.4, 0.5) is 0 Å². The summed E-state index contributed by atoms with van der Waals surface area (Å²) in [5.41, 5.74) is 5.77. The first-order valence-electron chi connectivity index (χ1n) is 12.2. The molecule has 0 radical (unpaired) electrons. The van der Waals surface area contributed by atoms with Crippen LogP contribution in [0.3, 0.4) is 0 Å². The number of carboxylic acids is 1. The van der Waals surface area contributed by atoms with Gasteiger partial charge in [0.1, 0.15) is 6.04 Å². The smallest absolute Gasteiger partial charge is 0.326 e. The van der Waals surface area contributed by atoms with Crippen LogP contribution in [-0.4, -0.2) is 35.0 Å². The van der Waals surface area contributed by atoms with E-state index in [9.17, 15) is 14.7 Å². The largest absolute Gasteiger partial charge is 0.480 e. The first-order chi connectivity index (χ1) is 17.5. The fraction of sp³-hybridized carbons (Fsp3) is 0.226. The maximum Gasteiger partial charge on any atom is 0.326 e. The summed E-state index contributed by atoms with van der Waals surface area (Å²) in [6.45, 7) is 2.03. The van der Waals surface area contributed by atoms with Gasteiger partial charge >= 0.3 is 5.97 Å². The molecule has 0 saturated carbocycles. The Balaban J connectivity index is 1.61. The summed E-state index contributed by atoms with van der Waals surface area (Å²) in [4.78, 5) is 25.0. The summed E-state index contributed by atoms with van der Waals surface area (Å²) in [6.07, 6.45) is 4.03. The molecule has 0 aromatic heterocycles. The predicted octanol–water partition coefficient (Wildman–Crippen LogP) is 6.54. The van der Waals surface area contributed by atoms with Gasteiger partial charge in [-0.25, -0.2) is 4.79 Å². The number of aryl methyl sites for hydroxylation is 3. The van der Waals surface area contributed by atoms with Crippen LogP contribution in [0, 0.1) is 6.92 Å². The number of hydrogen-bond acceptors (Lipinski definition) is 3. The third kappa shape index (κ3) is 6.16. The van der Waals surface area contributed by atoms with E-state index in [1.54, 1.807) is 11.8 Å². The van der Waals surface area contributed by atoms with Crippen molar-refractivity contribution in [2.24, 2.45) is 0 Å². The van der Waals surface area contributed by atoms with Crippen molar-refractivity contribution >= 4 is 34.4 Å². The highest BCUT2D eigenvalue weighted by atomic mass is 32.2. The maximum atomic E-state index is 13.3. The van der Waals surface area contributed by atoms with Crippen molar-refractivity contribution in [3.05, 3.63) is 107 Å². The first kappa shape index (κ1) is 25.5. The lowest BCUT2D eigenvalue weighted by molar-refractivity contribution is -0.139. The van der Waals surface area contributed by atoms with Crippen LogP contribution < -0.4 is 5.32 Å². The van der Waals surface area contributed by atoms with E-state index in [-0.39, 0.29) is 5.91 Å². The Morgan fingerprint density at radius 2 is 1.50 bits per heavy atom. The second kappa shape index (κ2) is 11.9. The van der Waals surface area contributed by atoms with Gasteiger partial charge in [-0.1, -0.05) is 78.9 Å². The van der Waals surface area contributed by atoms with E-state index in [1.165, 1.54) is 16.3 Å². The Kier molecular flexibility index (Phi) is 8.44. The zero-order valence-electron chi connectivity index (χ0n) is 20.7. The zero-order valence-corrected chi connectivity index (χ0v) is 21.5. The van der Waals surface area contributed by atoms with Crippen molar-refractivity contribution in [1.29, 1.82) is 0 Å². The molecule has 4 rings (SSSR count). The van der Waals surface area contributed by atoms with Crippen LogP contribution in [0.25, 0.3) is 21.9 Å². The number of carbonyl (C=O) groups is 2. The minimum atomic E-state index is -1.01. The number of carbonyl (C=O) groups excluding carboxylic acids is 1. The van der Waals surface area contributed by atoms with Crippen LogP contribution in [0.2, 0.25) is 0 Å². The average Bonchev–Trinajstić information content (AvgIpc) is 2.89. The highest BCUT2D eigenvalue weighted by molar-refractivity contribution is 7.98. The summed E-state index contributed by atoms with van der Waals surface area (Å²) < 4.78 is 0. The Bertz CT molecular complexity index is 1380. The van der Waals surface area contributed by atoms with Crippen LogP contribution in [0.1, 0.15) is 33.5 Å². The molecule has 36 heavy (non-hydrogen) atoms. The number of nitrogens with one attached hydrogen (secondary N) is 1. The first-order valence-corrected chi connectivity index (χ1v) is 13.5. The number of carboxylic acid groups (broad SMARTS) is 1. The molecule has 0 fully saturated rings. The summed E-state index contributed by atoms with van der Waals surface area (Å²) in [7, 11) is 0. The molecule has 0 aliphatic carbocycles. The number of benzene rings is 4. The van der Waals surface area contributed by atoms with Gasteiger partial charge in [0.05, 0.1) is 0 Å². The molecule has 4 nitrogen and oxygen atoms in total. The molecule has 0 bridgehead atoms. The molecule has 184 valence electrons. The van der Waals surface area contributed by atoms with Gasteiger partial charge in [0.15, 0.2) is 0 Å². The van der Waals surface area contributed by atoms with Crippen LogP contribution in [0.15, 0.2) is 84.9 Å². The fourth-order valence-electron chi connectivity index (χ4n) is 4.45. The Hall–Kier alpha value is -3.57. The van der Waals surface area contributed by atoms with E-state index < -0.39 is 12.0 Å². The number of amides is 1. The highest BCUT2D eigenvalue weighted by Crippen LogP contribution is 2.29. The zero-order chi connectivity index (χ0) is 25.5. The lowest BCUT2D eigenvalue weighted by atomic mass is 9.92. The molecule has 0 spiro atoms. The standard InChI is InChI=1S/C31H31NO3S/c1-21-7-3-6-10-26(21)28-20-23(12-11-22-13-15-24-8-4-5-9-25(24)19-22)14-16-27(28)30(33)32-29(31(34)35)17-18-36-2/h3-10,13-16,19-20,29H,11-12,17-18H2,1-2H3,(H,32,33)(H,34,35). The molecule has 1 atom stereocenters. The molecule has 0 aliphatic rings. The van der Waals surface area contributed by atoms with Crippen molar-refractivity contribution in [1.82, 2.24) is 5.32 Å². The van der Waals surface area contributed by atoms with Crippen molar-refractivity contribution in [3.8, 4) is 11.1 Å². The number of thioether (sulfide) groups is 1. The molecule has 4 aromatic carbocycles. The quantitative estimate of drug-likeness (QED) is 0.261. The predicted molar refractivity (Wildman–Crippen MR) is 150 cm³/mol. The van der Waals surface area contributed by atoms with Crippen LogP contribution in [0.5, 0.6) is 0 Å². The molecule has 5 heteroatoms. The molecule has 1 amide bonds.